The van der Waals surface area contributed by atoms with Crippen LogP contribution in [0.2, 0.25) is 0 Å². The number of nitrogens with zero attached hydrogens (tertiary/aromatic N) is 3. The van der Waals surface area contributed by atoms with E-state index in [2.05, 4.69) is 20.9 Å². The van der Waals surface area contributed by atoms with Crippen LogP contribution in [0, 0.1) is 6.92 Å². The minimum atomic E-state index is -0.263. The molecule has 1 amide bonds. The van der Waals surface area contributed by atoms with Crippen molar-refractivity contribution in [2.45, 2.75) is 32.7 Å². The van der Waals surface area contributed by atoms with Gasteiger partial charge in [-0.05, 0) is 51.4 Å². The Morgan fingerprint density at radius 1 is 1.40 bits per heavy atom. The van der Waals surface area contributed by atoms with Crippen LogP contribution >= 0.6 is 12.4 Å². The zero-order valence-corrected chi connectivity index (χ0v) is 15.3. The fourth-order valence-corrected chi connectivity index (χ4v) is 2.81. The van der Waals surface area contributed by atoms with Gasteiger partial charge in [-0.3, -0.25) is 4.79 Å². The zero-order valence-electron chi connectivity index (χ0n) is 14.5. The van der Waals surface area contributed by atoms with Crippen molar-refractivity contribution >= 4 is 24.0 Å². The van der Waals surface area contributed by atoms with E-state index in [4.69, 9.17) is 4.74 Å². The van der Waals surface area contributed by atoms with Gasteiger partial charge in [0.2, 0.25) is 0 Å². The third-order valence-electron chi connectivity index (χ3n) is 4.17. The summed E-state index contributed by atoms with van der Waals surface area (Å²) in [6, 6.07) is 5.91. The van der Waals surface area contributed by atoms with E-state index < -0.39 is 0 Å². The third kappa shape index (κ3) is 4.70. The molecule has 2 aromatic rings. The second-order valence-electron chi connectivity index (χ2n) is 5.93. The molecule has 0 atom stereocenters. The Labute approximate surface area is 153 Å². The van der Waals surface area contributed by atoms with Crippen molar-refractivity contribution in [2.75, 3.05) is 25.0 Å². The smallest absolute Gasteiger partial charge is 0.277 e. The number of aryl methyl sites for hydroxylation is 1. The van der Waals surface area contributed by atoms with Crippen molar-refractivity contribution in [1.82, 2.24) is 20.3 Å². The summed E-state index contributed by atoms with van der Waals surface area (Å²) in [4.78, 5) is 12.4. The molecular weight excluding hydrogens is 342 g/mol. The van der Waals surface area contributed by atoms with Crippen LogP contribution in [0.15, 0.2) is 24.4 Å². The standard InChI is InChI=1S/C17H23N5O2.ClH/c1-3-24-16-10-13(5-4-12(16)2)19-17(23)15-11-22(21-20-15)14-6-8-18-9-7-14;/h4-5,10-11,14,18H,3,6-9H2,1-2H3,(H,19,23);1H. The lowest BCUT2D eigenvalue weighted by molar-refractivity contribution is 0.102. The Morgan fingerprint density at radius 2 is 2.16 bits per heavy atom. The van der Waals surface area contributed by atoms with E-state index in [1.54, 1.807) is 10.9 Å². The predicted octanol–water partition coefficient (Wildman–Crippen LogP) is 2.58. The molecular formula is C17H24ClN5O2. The number of carbonyl (C=O) groups excluding carboxylic acids is 1. The van der Waals surface area contributed by atoms with Crippen LogP contribution < -0.4 is 15.4 Å². The third-order valence-corrected chi connectivity index (χ3v) is 4.17. The Hall–Kier alpha value is -2.12. The minimum absolute atomic E-state index is 0. The number of amides is 1. The number of hydrogen-bond acceptors (Lipinski definition) is 5. The normalized spacial score (nSPS) is 14.6. The van der Waals surface area contributed by atoms with Gasteiger partial charge in [0.1, 0.15) is 5.75 Å². The molecule has 7 nitrogen and oxygen atoms in total. The number of ether oxygens (including phenoxy) is 1. The molecule has 0 saturated carbocycles. The summed E-state index contributed by atoms with van der Waals surface area (Å²) in [5.41, 5.74) is 2.05. The van der Waals surface area contributed by atoms with Crippen LogP contribution in [0.4, 0.5) is 5.69 Å². The topological polar surface area (TPSA) is 81.1 Å². The number of piperidine rings is 1. The maximum Gasteiger partial charge on any atom is 0.277 e. The van der Waals surface area contributed by atoms with Crippen molar-refractivity contribution in [1.29, 1.82) is 0 Å². The largest absolute Gasteiger partial charge is 0.494 e. The first-order chi connectivity index (χ1) is 11.7. The summed E-state index contributed by atoms with van der Waals surface area (Å²) >= 11 is 0. The van der Waals surface area contributed by atoms with E-state index >= 15 is 0 Å². The number of benzene rings is 1. The van der Waals surface area contributed by atoms with Gasteiger partial charge in [0, 0.05) is 11.8 Å². The fourth-order valence-electron chi connectivity index (χ4n) is 2.81. The fraction of sp³-hybridized carbons (Fsp3) is 0.471. The first kappa shape index (κ1) is 19.2. The Balaban J connectivity index is 0.00000225. The van der Waals surface area contributed by atoms with Gasteiger partial charge in [-0.1, -0.05) is 11.3 Å². The number of aromatic nitrogens is 3. The summed E-state index contributed by atoms with van der Waals surface area (Å²) in [7, 11) is 0. The lowest BCUT2D eigenvalue weighted by atomic mass is 10.1. The Bertz CT molecular complexity index is 713. The molecule has 0 radical (unpaired) electrons. The van der Waals surface area contributed by atoms with Crippen LogP contribution in [0.1, 0.15) is 41.9 Å². The van der Waals surface area contributed by atoms with E-state index in [0.29, 0.717) is 24.0 Å². The molecule has 1 aliphatic rings. The number of halogens is 1. The first-order valence-corrected chi connectivity index (χ1v) is 8.34. The second kappa shape index (κ2) is 8.82. The van der Waals surface area contributed by atoms with E-state index in [1.165, 1.54) is 0 Å². The number of rotatable bonds is 5. The predicted molar refractivity (Wildman–Crippen MR) is 98.7 cm³/mol. The summed E-state index contributed by atoms with van der Waals surface area (Å²) < 4.78 is 7.36. The monoisotopic (exact) mass is 365 g/mol. The van der Waals surface area contributed by atoms with Gasteiger partial charge in [-0.2, -0.15) is 0 Å². The lowest BCUT2D eigenvalue weighted by Gasteiger charge is -2.22. The minimum Gasteiger partial charge on any atom is -0.494 e. The molecule has 3 rings (SSSR count). The molecule has 1 aliphatic heterocycles. The summed E-state index contributed by atoms with van der Waals surface area (Å²) in [5, 5.41) is 14.3. The van der Waals surface area contributed by atoms with Gasteiger partial charge < -0.3 is 15.4 Å². The van der Waals surface area contributed by atoms with Crippen molar-refractivity contribution in [2.24, 2.45) is 0 Å². The lowest BCUT2D eigenvalue weighted by Crippen LogP contribution is -2.29. The number of carbonyl (C=O) groups is 1. The maximum atomic E-state index is 12.4. The molecule has 1 saturated heterocycles. The highest BCUT2D eigenvalue weighted by atomic mass is 35.5. The zero-order chi connectivity index (χ0) is 16.9. The highest BCUT2D eigenvalue weighted by Gasteiger charge is 2.19. The highest BCUT2D eigenvalue weighted by molar-refractivity contribution is 6.02. The van der Waals surface area contributed by atoms with Gasteiger partial charge in [-0.15, -0.1) is 17.5 Å². The number of hydrogen-bond donors (Lipinski definition) is 2. The molecule has 1 fully saturated rings. The van der Waals surface area contributed by atoms with E-state index in [9.17, 15) is 4.79 Å². The molecule has 1 aromatic heterocycles. The van der Waals surface area contributed by atoms with E-state index in [0.717, 1.165) is 37.2 Å². The van der Waals surface area contributed by atoms with E-state index in [-0.39, 0.29) is 18.3 Å². The van der Waals surface area contributed by atoms with Crippen LogP contribution in [0.25, 0.3) is 0 Å². The van der Waals surface area contributed by atoms with Crippen LogP contribution in [0.5, 0.6) is 5.75 Å². The summed E-state index contributed by atoms with van der Waals surface area (Å²) in [6.07, 6.45) is 3.73. The molecule has 0 bridgehead atoms. The molecule has 0 spiro atoms. The molecule has 8 heteroatoms. The summed E-state index contributed by atoms with van der Waals surface area (Å²) in [5.74, 6) is 0.509. The van der Waals surface area contributed by atoms with Gasteiger partial charge in [0.25, 0.3) is 5.91 Å². The van der Waals surface area contributed by atoms with Gasteiger partial charge in [0.05, 0.1) is 18.8 Å². The average molecular weight is 366 g/mol. The van der Waals surface area contributed by atoms with E-state index in [1.807, 2.05) is 32.0 Å². The Morgan fingerprint density at radius 3 is 2.88 bits per heavy atom. The second-order valence-corrected chi connectivity index (χ2v) is 5.93. The van der Waals surface area contributed by atoms with Gasteiger partial charge in [0.15, 0.2) is 5.69 Å². The van der Waals surface area contributed by atoms with Crippen molar-refractivity contribution < 1.29 is 9.53 Å². The molecule has 1 aromatic carbocycles. The van der Waals surface area contributed by atoms with Crippen LogP contribution in [0.3, 0.4) is 0 Å². The van der Waals surface area contributed by atoms with Crippen molar-refractivity contribution in [3.8, 4) is 5.75 Å². The average Bonchev–Trinajstić information content (AvgIpc) is 3.09. The molecule has 136 valence electrons. The molecule has 25 heavy (non-hydrogen) atoms. The molecule has 2 heterocycles. The highest BCUT2D eigenvalue weighted by Crippen LogP contribution is 2.23. The maximum absolute atomic E-state index is 12.4. The van der Waals surface area contributed by atoms with Crippen molar-refractivity contribution in [3.63, 3.8) is 0 Å². The number of nitrogens with one attached hydrogen (secondary N) is 2. The SMILES string of the molecule is CCOc1cc(NC(=O)c2cn(C3CCNCC3)nn2)ccc1C.Cl. The van der Waals surface area contributed by atoms with Crippen molar-refractivity contribution in [3.05, 3.63) is 35.7 Å². The number of anilines is 1. The Kier molecular flexibility index (Phi) is 6.78. The molecule has 2 N–H and O–H groups in total. The quantitative estimate of drug-likeness (QED) is 0.851. The first-order valence-electron chi connectivity index (χ1n) is 8.34. The molecule has 0 unspecified atom stereocenters. The summed E-state index contributed by atoms with van der Waals surface area (Å²) in [6.45, 7) is 6.43. The van der Waals surface area contributed by atoms with Gasteiger partial charge in [-0.25, -0.2) is 4.68 Å². The van der Waals surface area contributed by atoms with Crippen LogP contribution in [-0.2, 0) is 0 Å². The van der Waals surface area contributed by atoms with Gasteiger partial charge >= 0.3 is 0 Å². The van der Waals surface area contributed by atoms with Crippen LogP contribution in [-0.4, -0.2) is 40.6 Å². The molecule has 0 aliphatic carbocycles.